The van der Waals surface area contributed by atoms with E-state index in [9.17, 15) is 4.79 Å². The lowest BCUT2D eigenvalue weighted by atomic mass is 10.2. The van der Waals surface area contributed by atoms with Crippen molar-refractivity contribution in [2.75, 3.05) is 0 Å². The van der Waals surface area contributed by atoms with Gasteiger partial charge < -0.3 is 5.73 Å². The predicted octanol–water partition coefficient (Wildman–Crippen LogP) is 0.871. The number of amides is 1. The summed E-state index contributed by atoms with van der Waals surface area (Å²) in [6, 6.07) is 0.261. The summed E-state index contributed by atoms with van der Waals surface area (Å²) in [6.07, 6.45) is 1.68. The molecule has 0 bridgehead atoms. The van der Waals surface area contributed by atoms with Crippen molar-refractivity contribution in [3.05, 3.63) is 17.5 Å². The number of hydrogen-bond acceptors (Lipinski definition) is 2. The molecule has 1 aromatic heterocycles. The van der Waals surface area contributed by atoms with E-state index in [0.717, 1.165) is 0 Å². The minimum absolute atomic E-state index is 0.261. The van der Waals surface area contributed by atoms with Crippen LogP contribution in [0.1, 0.15) is 35.9 Å². The molecule has 2 N–H and O–H groups in total. The summed E-state index contributed by atoms with van der Waals surface area (Å²) in [6.45, 7) is 5.77. The van der Waals surface area contributed by atoms with Crippen molar-refractivity contribution >= 4 is 5.91 Å². The summed E-state index contributed by atoms with van der Waals surface area (Å²) >= 11 is 0. The number of nitrogens with two attached hydrogens (primary N) is 1. The second-order valence-electron chi connectivity index (χ2n) is 3.07. The molecule has 0 aliphatic heterocycles. The topological polar surface area (TPSA) is 60.9 Å². The third-order valence-corrected chi connectivity index (χ3v) is 1.71. The first kappa shape index (κ1) is 8.77. The maximum atomic E-state index is 10.8. The lowest BCUT2D eigenvalue weighted by molar-refractivity contribution is 0.0999. The van der Waals surface area contributed by atoms with Crippen LogP contribution in [0.4, 0.5) is 0 Å². The number of aromatic nitrogens is 2. The molecule has 0 aliphatic carbocycles. The highest BCUT2D eigenvalue weighted by atomic mass is 16.1. The van der Waals surface area contributed by atoms with E-state index < -0.39 is 5.91 Å². The summed E-state index contributed by atoms with van der Waals surface area (Å²) in [5, 5.41) is 4.15. The van der Waals surface area contributed by atoms with Crippen LogP contribution in [-0.4, -0.2) is 15.7 Å². The van der Waals surface area contributed by atoms with E-state index in [4.69, 9.17) is 5.73 Å². The molecule has 1 rings (SSSR count). The fourth-order valence-electron chi connectivity index (χ4n) is 0.988. The van der Waals surface area contributed by atoms with E-state index in [1.165, 1.54) is 0 Å². The van der Waals surface area contributed by atoms with Gasteiger partial charge in [0.05, 0.1) is 11.3 Å². The summed E-state index contributed by atoms with van der Waals surface area (Å²) in [7, 11) is 0. The number of primary amides is 1. The van der Waals surface area contributed by atoms with Crippen LogP contribution in [0.15, 0.2) is 6.20 Å². The Bertz CT molecular complexity index is 301. The van der Waals surface area contributed by atoms with Crippen LogP contribution in [0.25, 0.3) is 0 Å². The van der Waals surface area contributed by atoms with Crippen molar-refractivity contribution in [2.45, 2.75) is 26.8 Å². The largest absolute Gasteiger partial charge is 0.365 e. The molecular weight excluding hydrogens is 154 g/mol. The average molecular weight is 167 g/mol. The maximum Gasteiger partial charge on any atom is 0.252 e. The Hall–Kier alpha value is -1.32. The van der Waals surface area contributed by atoms with Crippen LogP contribution in [0, 0.1) is 6.92 Å². The summed E-state index contributed by atoms with van der Waals surface area (Å²) < 4.78 is 1.73. The van der Waals surface area contributed by atoms with Crippen LogP contribution in [0.3, 0.4) is 0 Å². The summed E-state index contributed by atoms with van der Waals surface area (Å²) in [5.74, 6) is -0.417. The van der Waals surface area contributed by atoms with Crippen LogP contribution in [0.2, 0.25) is 0 Å². The first-order valence-corrected chi connectivity index (χ1v) is 3.88. The standard InChI is InChI=1S/C8H13N3O/c1-5(2)11-4-7(8(9)12)6(3)10-11/h4-5H,1-3H3,(H2,9,12). The lowest BCUT2D eigenvalue weighted by Gasteiger charge is -2.02. The molecule has 1 amide bonds. The molecule has 0 saturated heterocycles. The normalized spacial score (nSPS) is 10.7. The van der Waals surface area contributed by atoms with Crippen LogP contribution in [-0.2, 0) is 0 Å². The molecule has 0 fully saturated rings. The zero-order valence-electron chi connectivity index (χ0n) is 7.53. The quantitative estimate of drug-likeness (QED) is 0.710. The zero-order valence-corrected chi connectivity index (χ0v) is 7.53. The van der Waals surface area contributed by atoms with E-state index in [2.05, 4.69) is 5.10 Å². The summed E-state index contributed by atoms with van der Waals surface area (Å²) in [4.78, 5) is 10.8. The van der Waals surface area contributed by atoms with Crippen molar-refractivity contribution in [2.24, 2.45) is 5.73 Å². The number of hydrogen-bond donors (Lipinski definition) is 1. The zero-order chi connectivity index (χ0) is 9.30. The predicted molar refractivity (Wildman–Crippen MR) is 45.9 cm³/mol. The lowest BCUT2D eigenvalue weighted by Crippen LogP contribution is -2.11. The van der Waals surface area contributed by atoms with Crippen molar-refractivity contribution in [3.8, 4) is 0 Å². The van der Waals surface area contributed by atoms with Gasteiger partial charge >= 0.3 is 0 Å². The third kappa shape index (κ3) is 1.47. The van der Waals surface area contributed by atoms with Gasteiger partial charge in [-0.1, -0.05) is 0 Å². The fourth-order valence-corrected chi connectivity index (χ4v) is 0.988. The molecule has 0 radical (unpaired) electrons. The van der Waals surface area contributed by atoms with E-state index in [1.807, 2.05) is 13.8 Å². The number of aryl methyl sites for hydroxylation is 1. The van der Waals surface area contributed by atoms with Gasteiger partial charge in [-0.2, -0.15) is 5.10 Å². The Morgan fingerprint density at radius 3 is 2.50 bits per heavy atom. The molecule has 12 heavy (non-hydrogen) atoms. The molecule has 1 heterocycles. The Balaban J connectivity index is 3.09. The van der Waals surface area contributed by atoms with Gasteiger partial charge in [-0.3, -0.25) is 9.48 Å². The second kappa shape index (κ2) is 2.97. The van der Waals surface area contributed by atoms with Gasteiger partial charge in [-0.15, -0.1) is 0 Å². The van der Waals surface area contributed by atoms with Gasteiger partial charge in [0, 0.05) is 12.2 Å². The Kier molecular flexibility index (Phi) is 2.17. The number of carbonyl (C=O) groups is 1. The summed E-state index contributed by atoms with van der Waals surface area (Å²) in [5.41, 5.74) is 6.33. The molecule has 0 saturated carbocycles. The van der Waals surface area contributed by atoms with E-state index >= 15 is 0 Å². The molecule has 4 heteroatoms. The minimum atomic E-state index is -0.417. The second-order valence-corrected chi connectivity index (χ2v) is 3.07. The van der Waals surface area contributed by atoms with Gasteiger partial charge in [-0.25, -0.2) is 0 Å². The molecule has 0 aliphatic rings. The highest BCUT2D eigenvalue weighted by Crippen LogP contribution is 2.09. The van der Waals surface area contributed by atoms with Crippen LogP contribution >= 0.6 is 0 Å². The molecule has 66 valence electrons. The van der Waals surface area contributed by atoms with Gasteiger partial charge in [0.25, 0.3) is 5.91 Å². The molecule has 0 aromatic carbocycles. The van der Waals surface area contributed by atoms with Gasteiger partial charge in [0.15, 0.2) is 0 Å². The number of carbonyl (C=O) groups excluding carboxylic acids is 1. The highest BCUT2D eigenvalue weighted by Gasteiger charge is 2.10. The van der Waals surface area contributed by atoms with E-state index in [1.54, 1.807) is 17.8 Å². The SMILES string of the molecule is Cc1nn(C(C)C)cc1C(N)=O. The smallest absolute Gasteiger partial charge is 0.252 e. The van der Waals surface area contributed by atoms with Crippen LogP contribution < -0.4 is 5.73 Å². The first-order valence-electron chi connectivity index (χ1n) is 3.88. The van der Waals surface area contributed by atoms with Gasteiger partial charge in [0.2, 0.25) is 0 Å². The molecule has 4 nitrogen and oxygen atoms in total. The minimum Gasteiger partial charge on any atom is -0.365 e. The average Bonchev–Trinajstić information content (AvgIpc) is 2.30. The molecule has 0 unspecified atom stereocenters. The molecule has 0 atom stereocenters. The molecular formula is C8H13N3O. The van der Waals surface area contributed by atoms with E-state index in [-0.39, 0.29) is 6.04 Å². The number of rotatable bonds is 2. The van der Waals surface area contributed by atoms with Crippen LogP contribution in [0.5, 0.6) is 0 Å². The van der Waals surface area contributed by atoms with Gasteiger partial charge in [-0.05, 0) is 20.8 Å². The Morgan fingerprint density at radius 1 is 1.67 bits per heavy atom. The van der Waals surface area contributed by atoms with Crippen molar-refractivity contribution in [1.29, 1.82) is 0 Å². The van der Waals surface area contributed by atoms with Gasteiger partial charge in [0.1, 0.15) is 0 Å². The Labute approximate surface area is 71.4 Å². The maximum absolute atomic E-state index is 10.8. The van der Waals surface area contributed by atoms with Crippen molar-refractivity contribution in [1.82, 2.24) is 9.78 Å². The Morgan fingerprint density at radius 2 is 2.25 bits per heavy atom. The molecule has 0 spiro atoms. The van der Waals surface area contributed by atoms with E-state index in [0.29, 0.717) is 11.3 Å². The first-order chi connectivity index (χ1) is 5.52. The number of nitrogens with zero attached hydrogens (tertiary/aromatic N) is 2. The fraction of sp³-hybridized carbons (Fsp3) is 0.500. The highest BCUT2D eigenvalue weighted by molar-refractivity contribution is 5.93. The van der Waals surface area contributed by atoms with Crippen molar-refractivity contribution in [3.63, 3.8) is 0 Å². The molecule has 1 aromatic rings. The third-order valence-electron chi connectivity index (χ3n) is 1.71. The monoisotopic (exact) mass is 167 g/mol. The van der Waals surface area contributed by atoms with Crippen molar-refractivity contribution < 1.29 is 4.79 Å².